The lowest BCUT2D eigenvalue weighted by molar-refractivity contribution is -0.115. The number of hydrogen-bond donors (Lipinski definition) is 2. The van der Waals surface area contributed by atoms with Gasteiger partial charge in [-0.3, -0.25) is 4.79 Å². The summed E-state index contributed by atoms with van der Waals surface area (Å²) in [7, 11) is 0. The molecule has 0 saturated carbocycles. The van der Waals surface area contributed by atoms with Gasteiger partial charge in [-0.1, -0.05) is 41.6 Å². The van der Waals surface area contributed by atoms with Gasteiger partial charge in [0.2, 0.25) is 5.91 Å². The number of ether oxygens (including phenoxy) is 1. The van der Waals surface area contributed by atoms with Crippen LogP contribution in [0.2, 0.25) is 5.02 Å². The first-order chi connectivity index (χ1) is 18.5. The molecule has 0 fully saturated rings. The molecular weight excluding hydrogens is 523 g/mol. The monoisotopic (exact) mass is 546 g/mol. The maximum absolute atomic E-state index is 13.4. The van der Waals surface area contributed by atoms with Crippen molar-refractivity contribution in [2.75, 3.05) is 22.6 Å². The lowest BCUT2D eigenvalue weighted by Crippen LogP contribution is -2.12. The Morgan fingerprint density at radius 3 is 2.76 bits per heavy atom. The van der Waals surface area contributed by atoms with Crippen molar-refractivity contribution in [3.05, 3.63) is 107 Å². The molecule has 0 unspecified atom stereocenters. The molecule has 3 aromatic carbocycles. The smallest absolute Gasteiger partial charge is 0.225 e. The van der Waals surface area contributed by atoms with Gasteiger partial charge in [0.1, 0.15) is 30.3 Å². The van der Waals surface area contributed by atoms with E-state index < -0.39 is 0 Å². The van der Waals surface area contributed by atoms with Gasteiger partial charge in [0.15, 0.2) is 0 Å². The van der Waals surface area contributed by atoms with Crippen molar-refractivity contribution < 1.29 is 13.9 Å². The minimum atomic E-state index is -0.318. The van der Waals surface area contributed by atoms with Crippen LogP contribution in [0, 0.1) is 17.7 Å². The lowest BCUT2D eigenvalue weighted by Gasteiger charge is -2.11. The number of aromatic nitrogens is 2. The van der Waals surface area contributed by atoms with Crippen LogP contribution in [0.15, 0.2) is 79.3 Å². The van der Waals surface area contributed by atoms with Crippen molar-refractivity contribution >= 4 is 46.5 Å². The third-order valence-corrected chi connectivity index (χ3v) is 6.12. The molecule has 192 valence electrons. The van der Waals surface area contributed by atoms with E-state index in [4.69, 9.17) is 16.3 Å². The van der Waals surface area contributed by atoms with Crippen molar-refractivity contribution in [1.82, 2.24) is 9.97 Å². The molecule has 0 radical (unpaired) electrons. The number of amides is 1. The number of thioether (sulfide) groups is 1. The normalized spacial score (nSPS) is 10.3. The summed E-state index contributed by atoms with van der Waals surface area (Å²) < 4.78 is 19.1. The minimum absolute atomic E-state index is 0.0311. The molecule has 0 atom stereocenters. The fraction of sp³-hybridized carbons (Fsp3) is 0.138. The van der Waals surface area contributed by atoms with Gasteiger partial charge in [-0.15, -0.1) is 0 Å². The van der Waals surface area contributed by atoms with E-state index in [0.29, 0.717) is 45.5 Å². The van der Waals surface area contributed by atoms with E-state index in [1.54, 1.807) is 48.3 Å². The molecule has 1 heterocycles. The lowest BCUT2D eigenvalue weighted by atomic mass is 10.2. The highest BCUT2D eigenvalue weighted by Gasteiger charge is 2.08. The largest absolute Gasteiger partial charge is 0.487 e. The maximum Gasteiger partial charge on any atom is 0.225 e. The summed E-state index contributed by atoms with van der Waals surface area (Å²) in [6, 6.07) is 18.8. The van der Waals surface area contributed by atoms with E-state index >= 15 is 0 Å². The molecule has 6 nitrogen and oxygen atoms in total. The summed E-state index contributed by atoms with van der Waals surface area (Å²) >= 11 is 8.05. The third-order valence-electron chi connectivity index (χ3n) is 5.21. The van der Waals surface area contributed by atoms with E-state index in [0.717, 1.165) is 11.3 Å². The number of nitrogens with one attached hydrogen (secondary N) is 2. The number of carbonyl (C=O) groups is 1. The van der Waals surface area contributed by atoms with E-state index in [1.165, 1.54) is 18.5 Å². The molecule has 0 spiro atoms. The number of halogens is 2. The first-order valence-electron chi connectivity index (χ1n) is 11.6. The number of nitrogens with zero attached hydrogens (tertiary/aromatic N) is 2. The van der Waals surface area contributed by atoms with Gasteiger partial charge in [0.25, 0.3) is 0 Å². The fourth-order valence-electron chi connectivity index (χ4n) is 3.37. The van der Waals surface area contributed by atoms with E-state index in [-0.39, 0.29) is 18.3 Å². The van der Waals surface area contributed by atoms with E-state index in [9.17, 15) is 9.18 Å². The molecule has 0 aliphatic carbocycles. The highest BCUT2D eigenvalue weighted by atomic mass is 35.5. The molecule has 4 rings (SSSR count). The second-order valence-electron chi connectivity index (χ2n) is 8.10. The van der Waals surface area contributed by atoms with Gasteiger partial charge < -0.3 is 15.4 Å². The summed E-state index contributed by atoms with van der Waals surface area (Å²) in [4.78, 5) is 20.4. The number of benzene rings is 3. The third kappa shape index (κ3) is 7.97. The standard InChI is InChI=1S/C29H24ClFN4O2S/c1-38-13-12-28(36)34-24-7-3-4-20(15-24)8-9-22-17-32-19-33-29(22)35-25-10-11-27(26(30)16-25)37-18-21-5-2-6-23(31)14-21/h2-7,10-11,14-17,19H,12-13,18H2,1H3,(H,34,36)(H,32,33,35). The first-order valence-corrected chi connectivity index (χ1v) is 13.4. The predicted molar refractivity (Wildman–Crippen MR) is 152 cm³/mol. The highest BCUT2D eigenvalue weighted by molar-refractivity contribution is 7.98. The van der Waals surface area contributed by atoms with Crippen LogP contribution >= 0.6 is 23.4 Å². The van der Waals surface area contributed by atoms with Gasteiger partial charge in [0.05, 0.1) is 10.6 Å². The van der Waals surface area contributed by atoms with Gasteiger partial charge in [0, 0.05) is 35.3 Å². The number of carbonyl (C=O) groups excluding carboxylic acids is 1. The molecule has 0 saturated heterocycles. The summed E-state index contributed by atoms with van der Waals surface area (Å²) in [5.74, 6) is 7.60. The van der Waals surface area contributed by atoms with Gasteiger partial charge in [-0.25, -0.2) is 14.4 Å². The molecule has 9 heteroatoms. The summed E-state index contributed by atoms with van der Waals surface area (Å²) in [5.41, 5.74) is 3.41. The Labute approximate surface area is 230 Å². The van der Waals surface area contributed by atoms with Crippen molar-refractivity contribution in [1.29, 1.82) is 0 Å². The highest BCUT2D eigenvalue weighted by Crippen LogP contribution is 2.30. The summed E-state index contributed by atoms with van der Waals surface area (Å²) in [6.45, 7) is 0.193. The van der Waals surface area contributed by atoms with E-state index in [1.807, 2.05) is 30.5 Å². The SMILES string of the molecule is CSCCC(=O)Nc1cccc(C#Cc2cncnc2Nc2ccc(OCc3cccc(F)c3)c(Cl)c2)c1. The summed E-state index contributed by atoms with van der Waals surface area (Å²) in [5, 5.41) is 6.50. The van der Waals surface area contributed by atoms with Gasteiger partial charge in [-0.05, 0) is 60.4 Å². The second kappa shape index (κ2) is 13.5. The molecule has 1 amide bonds. The Hall–Kier alpha value is -4.06. The van der Waals surface area contributed by atoms with Crippen LogP contribution < -0.4 is 15.4 Å². The van der Waals surface area contributed by atoms with Crippen LogP contribution in [0.5, 0.6) is 5.75 Å². The molecule has 2 N–H and O–H groups in total. The zero-order valence-corrected chi connectivity index (χ0v) is 22.1. The van der Waals surface area contributed by atoms with Crippen molar-refractivity contribution in [2.24, 2.45) is 0 Å². The average Bonchev–Trinajstić information content (AvgIpc) is 2.91. The zero-order chi connectivity index (χ0) is 26.7. The van der Waals surface area contributed by atoms with E-state index in [2.05, 4.69) is 32.4 Å². The maximum atomic E-state index is 13.4. The second-order valence-corrected chi connectivity index (χ2v) is 9.49. The number of anilines is 3. The Bertz CT molecular complexity index is 1490. The Kier molecular flexibility index (Phi) is 9.57. The van der Waals surface area contributed by atoms with Crippen LogP contribution in [0.25, 0.3) is 0 Å². The molecule has 0 aliphatic heterocycles. The molecule has 0 bridgehead atoms. The minimum Gasteiger partial charge on any atom is -0.487 e. The molecule has 1 aromatic heterocycles. The number of hydrogen-bond acceptors (Lipinski definition) is 6. The first kappa shape index (κ1) is 27.0. The number of rotatable bonds is 9. The quantitative estimate of drug-likeness (QED) is 0.228. The summed E-state index contributed by atoms with van der Waals surface area (Å²) in [6.07, 6.45) is 5.47. The molecule has 0 aliphatic rings. The van der Waals surface area contributed by atoms with Gasteiger partial charge in [-0.2, -0.15) is 11.8 Å². The average molecular weight is 547 g/mol. The molecular formula is C29H24ClFN4O2S. The molecule has 4 aromatic rings. The van der Waals surface area contributed by atoms with Gasteiger partial charge >= 0.3 is 0 Å². The van der Waals surface area contributed by atoms with Crippen LogP contribution in [0.3, 0.4) is 0 Å². The van der Waals surface area contributed by atoms with Crippen LogP contribution in [0.4, 0.5) is 21.6 Å². The fourth-order valence-corrected chi connectivity index (χ4v) is 4.00. The Morgan fingerprint density at radius 1 is 1.08 bits per heavy atom. The zero-order valence-electron chi connectivity index (χ0n) is 20.5. The van der Waals surface area contributed by atoms with Crippen molar-refractivity contribution in [2.45, 2.75) is 13.0 Å². The Balaban J connectivity index is 1.44. The van der Waals surface area contributed by atoms with Crippen molar-refractivity contribution in [3.63, 3.8) is 0 Å². The van der Waals surface area contributed by atoms with Crippen molar-refractivity contribution in [3.8, 4) is 17.6 Å². The van der Waals surface area contributed by atoms with Crippen LogP contribution in [0.1, 0.15) is 23.1 Å². The van der Waals surface area contributed by atoms with Crippen LogP contribution in [-0.2, 0) is 11.4 Å². The topological polar surface area (TPSA) is 76.1 Å². The predicted octanol–water partition coefficient (Wildman–Crippen LogP) is 6.68. The Morgan fingerprint density at radius 2 is 1.95 bits per heavy atom. The molecule has 38 heavy (non-hydrogen) atoms. The van der Waals surface area contributed by atoms with Crippen LogP contribution in [-0.4, -0.2) is 27.9 Å².